The van der Waals surface area contributed by atoms with E-state index in [1.165, 1.54) is 9.78 Å². The van der Waals surface area contributed by atoms with E-state index in [1.54, 1.807) is 23.1 Å². The van der Waals surface area contributed by atoms with Crippen molar-refractivity contribution in [2.45, 2.75) is 72.3 Å². The van der Waals surface area contributed by atoms with E-state index in [9.17, 15) is 0 Å². The molecular formula is C39H53ClN8S2. The lowest BCUT2D eigenvalue weighted by molar-refractivity contribution is 0.394. The highest BCUT2D eigenvalue weighted by Crippen LogP contribution is 2.29. The average molecular weight is 733 g/mol. The summed E-state index contributed by atoms with van der Waals surface area (Å²) in [4.78, 5) is 12.1. The Morgan fingerprint density at radius 1 is 1.00 bits per heavy atom. The smallest absolute Gasteiger partial charge is 0.187 e. The molecule has 1 heterocycles. The summed E-state index contributed by atoms with van der Waals surface area (Å²) in [5.74, 6) is 0. The molecule has 0 spiro atoms. The Balaban J connectivity index is 1.66. The number of allylic oxidation sites excluding steroid dienone is 4. The monoisotopic (exact) mass is 732 g/mol. The van der Waals surface area contributed by atoms with Gasteiger partial charge in [0.15, 0.2) is 5.13 Å². The first-order valence-corrected chi connectivity index (χ1v) is 19.0. The molecule has 2 aromatic carbocycles. The highest BCUT2D eigenvalue weighted by molar-refractivity contribution is 8.02. The van der Waals surface area contributed by atoms with Gasteiger partial charge in [0.1, 0.15) is 0 Å². The van der Waals surface area contributed by atoms with Crippen molar-refractivity contribution in [3.63, 3.8) is 0 Å². The second-order valence-corrected chi connectivity index (χ2v) is 14.9. The van der Waals surface area contributed by atoms with Gasteiger partial charge in [-0.15, -0.1) is 23.1 Å². The third-order valence-electron chi connectivity index (χ3n) is 8.19. The van der Waals surface area contributed by atoms with Crippen molar-refractivity contribution in [2.24, 2.45) is 16.5 Å². The number of thiazole rings is 1. The Morgan fingerprint density at radius 3 is 2.30 bits per heavy atom. The van der Waals surface area contributed by atoms with Crippen LogP contribution in [-0.2, 0) is 0 Å². The van der Waals surface area contributed by atoms with Gasteiger partial charge in [-0.1, -0.05) is 68.2 Å². The second kappa shape index (κ2) is 19.7. The van der Waals surface area contributed by atoms with Gasteiger partial charge in [0.2, 0.25) is 0 Å². The van der Waals surface area contributed by atoms with Crippen molar-refractivity contribution in [3.8, 4) is 0 Å². The van der Waals surface area contributed by atoms with Crippen LogP contribution < -0.4 is 32.7 Å². The number of halogens is 1. The highest BCUT2D eigenvalue weighted by Gasteiger charge is 2.22. The van der Waals surface area contributed by atoms with Crippen molar-refractivity contribution in [3.05, 3.63) is 129 Å². The molecule has 0 amide bonds. The van der Waals surface area contributed by atoms with Gasteiger partial charge < -0.3 is 27.4 Å². The third-order valence-corrected chi connectivity index (χ3v) is 10.3. The van der Waals surface area contributed by atoms with E-state index in [2.05, 4.69) is 79.6 Å². The van der Waals surface area contributed by atoms with Crippen LogP contribution in [0, 0.1) is 13.8 Å². The zero-order valence-corrected chi connectivity index (χ0v) is 32.6. The molecule has 268 valence electrons. The van der Waals surface area contributed by atoms with Crippen molar-refractivity contribution in [1.29, 1.82) is 0 Å². The number of para-hydroxylation sites is 1. The number of nitrogens with one attached hydrogen (secondary N) is 4. The molecule has 0 saturated heterocycles. The number of hydrogen-bond acceptors (Lipinski definition) is 10. The number of rotatable bonds is 20. The minimum absolute atomic E-state index is 0.316. The molecule has 3 aromatic rings. The molecule has 2 unspecified atom stereocenters. The van der Waals surface area contributed by atoms with Crippen molar-refractivity contribution < 1.29 is 0 Å². The fraction of sp³-hybridized carbons (Fsp3) is 0.333. The zero-order valence-electron chi connectivity index (χ0n) is 30.3. The van der Waals surface area contributed by atoms with E-state index in [4.69, 9.17) is 28.1 Å². The first kappa shape index (κ1) is 40.8. The van der Waals surface area contributed by atoms with Gasteiger partial charge in [0.25, 0.3) is 0 Å². The maximum Gasteiger partial charge on any atom is 0.187 e. The number of hydrogen-bond donors (Lipinski definition) is 6. The van der Waals surface area contributed by atoms with Crippen LogP contribution in [0.4, 0.5) is 10.8 Å². The molecular weight excluding hydrogens is 680 g/mol. The van der Waals surface area contributed by atoms with Crippen LogP contribution >= 0.6 is 34.7 Å². The zero-order chi connectivity index (χ0) is 37.0. The maximum absolute atomic E-state index is 6.66. The summed E-state index contributed by atoms with van der Waals surface area (Å²) in [6.07, 6.45) is 3.31. The number of aromatic nitrogens is 1. The van der Waals surface area contributed by atoms with Gasteiger partial charge in [0, 0.05) is 56.8 Å². The number of thioether (sulfide) groups is 1. The van der Waals surface area contributed by atoms with Gasteiger partial charge in [0.05, 0.1) is 29.8 Å². The van der Waals surface area contributed by atoms with Crippen LogP contribution in [0.5, 0.6) is 0 Å². The lowest BCUT2D eigenvalue weighted by atomic mass is 9.97. The van der Waals surface area contributed by atoms with E-state index in [1.807, 2.05) is 62.4 Å². The van der Waals surface area contributed by atoms with Crippen LogP contribution in [0.3, 0.4) is 0 Å². The van der Waals surface area contributed by atoms with Crippen LogP contribution in [0.1, 0.15) is 61.7 Å². The fourth-order valence-electron chi connectivity index (χ4n) is 5.03. The predicted molar refractivity (Wildman–Crippen MR) is 222 cm³/mol. The minimum atomic E-state index is -0.522. The topological polar surface area (TPSA) is 125 Å². The highest BCUT2D eigenvalue weighted by atomic mass is 35.5. The van der Waals surface area contributed by atoms with Crippen LogP contribution in [0.25, 0.3) is 5.70 Å². The van der Waals surface area contributed by atoms with Gasteiger partial charge in [-0.2, -0.15) is 0 Å². The van der Waals surface area contributed by atoms with E-state index < -0.39 is 6.17 Å². The summed E-state index contributed by atoms with van der Waals surface area (Å²) in [6, 6.07) is 15.3. The molecule has 3 rings (SSSR count). The molecule has 0 radical (unpaired) electrons. The number of benzene rings is 2. The summed E-state index contributed by atoms with van der Waals surface area (Å²) in [5, 5.41) is 15.0. The normalized spacial score (nSPS) is 13.9. The largest absolute Gasteiger partial charge is 0.389 e. The number of anilines is 2. The number of aliphatic imine (C=N–C) groups is 1. The standard InChI is InChI=1S/C39H53ClN8S2/c1-23(44-35-16-12-11-15-34(35)28(6)46-39-45-27(5)30(8)50-39)14-13-21-43-24(2)22-36(38(42)47-31(9)41)48-37(26(4)25(3)29(7)49-10)32-17-19-33(40)20-18-32/h11-12,15-20,31,36,38,43-44,47H,1-2,4,6,13-14,21-22,41-42H2,3,5,7-10H3,(H,45,46)/b29-25-,48-37+/t31?,36-,38?/m0/s1. The Hall–Kier alpha value is -3.64. The fourth-order valence-corrected chi connectivity index (χ4v) is 6.43. The van der Waals surface area contributed by atoms with E-state index in [-0.39, 0.29) is 12.2 Å². The van der Waals surface area contributed by atoms with Gasteiger partial charge in [-0.25, -0.2) is 4.98 Å². The first-order valence-electron chi connectivity index (χ1n) is 16.6. The van der Waals surface area contributed by atoms with Crippen LogP contribution in [-0.4, -0.2) is 41.9 Å². The summed E-state index contributed by atoms with van der Waals surface area (Å²) in [6.45, 7) is 28.1. The van der Waals surface area contributed by atoms with Crippen molar-refractivity contribution in [1.82, 2.24) is 15.6 Å². The summed E-state index contributed by atoms with van der Waals surface area (Å²) in [7, 11) is 0. The second-order valence-electron chi connectivity index (χ2n) is 12.3. The van der Waals surface area contributed by atoms with Crippen LogP contribution in [0.15, 0.2) is 107 Å². The average Bonchev–Trinajstić information content (AvgIpc) is 3.39. The summed E-state index contributed by atoms with van der Waals surface area (Å²) in [5.41, 5.74) is 21.7. The van der Waals surface area contributed by atoms with Crippen LogP contribution in [0.2, 0.25) is 5.02 Å². The van der Waals surface area contributed by atoms with Gasteiger partial charge >= 0.3 is 0 Å². The van der Waals surface area contributed by atoms with E-state index in [0.717, 1.165) is 74.4 Å². The molecule has 8 nitrogen and oxygen atoms in total. The number of nitrogens with zero attached hydrogens (tertiary/aromatic N) is 2. The Kier molecular flexibility index (Phi) is 16.0. The lowest BCUT2D eigenvalue weighted by Gasteiger charge is -2.26. The molecule has 0 saturated carbocycles. The molecule has 0 fully saturated rings. The van der Waals surface area contributed by atoms with Crippen molar-refractivity contribution >= 4 is 56.9 Å². The number of aryl methyl sites for hydroxylation is 2. The first-order chi connectivity index (χ1) is 23.7. The van der Waals surface area contributed by atoms with E-state index >= 15 is 0 Å². The van der Waals surface area contributed by atoms with Gasteiger partial charge in [-0.05, 0) is 88.0 Å². The molecule has 0 bridgehead atoms. The molecule has 11 heteroatoms. The molecule has 8 N–H and O–H groups in total. The molecule has 3 atom stereocenters. The minimum Gasteiger partial charge on any atom is -0.389 e. The van der Waals surface area contributed by atoms with Crippen molar-refractivity contribution in [2.75, 3.05) is 23.4 Å². The molecule has 0 aliphatic rings. The Labute approximate surface area is 312 Å². The van der Waals surface area contributed by atoms with Gasteiger partial charge in [-0.3, -0.25) is 10.3 Å². The summed E-state index contributed by atoms with van der Waals surface area (Å²) < 4.78 is 0. The summed E-state index contributed by atoms with van der Waals surface area (Å²) >= 11 is 9.53. The Bertz CT molecular complexity index is 1700. The SMILES string of the molecule is C=C(C[C@H](/N=C(\C(=C)/C(C)=C(/C)SC)c1ccc(Cl)cc1)C(N)NC(C)N)NCCCC(=C)Nc1ccccc1C(=C)Nc1nc(C)c(C)s1. The lowest BCUT2D eigenvalue weighted by Crippen LogP contribution is -2.53. The predicted octanol–water partition coefficient (Wildman–Crippen LogP) is 8.95. The maximum atomic E-state index is 6.66. The Morgan fingerprint density at radius 2 is 1.68 bits per heavy atom. The molecule has 0 aliphatic heterocycles. The molecule has 1 aromatic heterocycles. The molecule has 50 heavy (non-hydrogen) atoms. The molecule has 0 aliphatic carbocycles. The third kappa shape index (κ3) is 12.3. The quantitative estimate of drug-likeness (QED) is 0.0295. The van der Waals surface area contributed by atoms with E-state index in [0.29, 0.717) is 18.0 Å². The number of nitrogens with two attached hydrogens (primary N) is 2.